The molecule has 4 aromatic carbocycles. The molecule has 0 saturated carbocycles. The third-order valence-corrected chi connectivity index (χ3v) is 15.8. The summed E-state index contributed by atoms with van der Waals surface area (Å²) in [6, 6.07) is 44.3. The van der Waals surface area contributed by atoms with E-state index >= 15 is 0 Å². The second-order valence-corrected chi connectivity index (χ2v) is 18.7. The number of rotatable bonds is 6. The molecule has 0 aromatic heterocycles. The van der Waals surface area contributed by atoms with Gasteiger partial charge in [-0.25, -0.2) is 0 Å². The number of hydrogen-bond donors (Lipinski definition) is 0. The van der Waals surface area contributed by atoms with Crippen molar-refractivity contribution in [2.24, 2.45) is 0 Å². The molecule has 0 heterocycles. The topological polar surface area (TPSA) is 0 Å². The summed E-state index contributed by atoms with van der Waals surface area (Å²) in [5.41, 5.74) is 2.80. The molecule has 0 aliphatic rings. The van der Waals surface area contributed by atoms with Crippen molar-refractivity contribution < 1.29 is 0 Å². The molecule has 4 aromatic rings. The Morgan fingerprint density at radius 3 is 1.04 bits per heavy atom. The molecule has 4 rings (SSSR count). The van der Waals surface area contributed by atoms with Crippen molar-refractivity contribution in [3.05, 3.63) is 132 Å². The molecule has 140 valence electrons. The molecule has 28 heavy (non-hydrogen) atoms. The van der Waals surface area contributed by atoms with Crippen LogP contribution in [0, 0.1) is 0 Å². The van der Waals surface area contributed by atoms with Gasteiger partial charge < -0.3 is 0 Å². The molecular formula is C26H24IP. The number of halogens is 1. The molecule has 0 bridgehead atoms. The first kappa shape index (κ1) is 19.4. The van der Waals surface area contributed by atoms with Gasteiger partial charge in [0.15, 0.2) is 0 Å². The Balaban J connectivity index is 1.99. The monoisotopic (exact) mass is 494 g/mol. The summed E-state index contributed by atoms with van der Waals surface area (Å²) in [5.74, 6) is 0. The Labute approximate surface area is 181 Å². The first-order valence-electron chi connectivity index (χ1n) is 9.60. The van der Waals surface area contributed by atoms with Gasteiger partial charge in [-0.1, -0.05) is 0 Å². The summed E-state index contributed by atoms with van der Waals surface area (Å²) in [4.78, 5) is 0. The molecule has 0 fully saturated rings. The van der Waals surface area contributed by atoms with E-state index in [-0.39, 0.29) is 0 Å². The van der Waals surface area contributed by atoms with E-state index in [9.17, 15) is 0 Å². The molecule has 0 aliphatic heterocycles. The Kier molecular flexibility index (Phi) is 5.66. The van der Waals surface area contributed by atoms with Gasteiger partial charge in [-0.3, -0.25) is 0 Å². The van der Waals surface area contributed by atoms with Crippen LogP contribution in [0.15, 0.2) is 121 Å². The van der Waals surface area contributed by atoms with Crippen LogP contribution in [0.5, 0.6) is 0 Å². The molecule has 0 radical (unpaired) electrons. The summed E-state index contributed by atoms with van der Waals surface area (Å²) >= 11 is 2.88. The van der Waals surface area contributed by atoms with Crippen LogP contribution in [0.25, 0.3) is 0 Å². The van der Waals surface area contributed by atoms with Gasteiger partial charge in [-0.05, 0) is 0 Å². The van der Waals surface area contributed by atoms with Gasteiger partial charge >= 0.3 is 182 Å². The molecule has 0 spiro atoms. The summed E-state index contributed by atoms with van der Waals surface area (Å²) in [6.07, 6.45) is 2.10. The number of benzene rings is 4. The number of hydrogen-bond acceptors (Lipinski definition) is 0. The van der Waals surface area contributed by atoms with Gasteiger partial charge in [-0.15, -0.1) is 0 Å². The average Bonchev–Trinajstić information content (AvgIpc) is 2.76. The molecule has 0 N–H and O–H groups in total. The van der Waals surface area contributed by atoms with Crippen LogP contribution in [0.3, 0.4) is 0 Å². The van der Waals surface area contributed by atoms with Crippen LogP contribution in [0.2, 0.25) is 0 Å². The quantitative estimate of drug-likeness (QED) is 0.201. The average molecular weight is 494 g/mol. The van der Waals surface area contributed by atoms with Gasteiger partial charge in [0.2, 0.25) is 0 Å². The molecule has 0 amide bonds. The molecular weight excluding hydrogens is 470 g/mol. The zero-order valence-corrected chi connectivity index (χ0v) is 18.8. The summed E-state index contributed by atoms with van der Waals surface area (Å²) in [7, 11) is 0. The maximum atomic E-state index is 2.88. The predicted octanol–water partition coefficient (Wildman–Crippen LogP) is 6.94. The zero-order valence-electron chi connectivity index (χ0n) is 15.8. The van der Waals surface area contributed by atoms with E-state index in [1.807, 2.05) is 0 Å². The van der Waals surface area contributed by atoms with E-state index in [2.05, 4.69) is 143 Å². The van der Waals surface area contributed by atoms with Crippen LogP contribution in [-0.2, 0) is 12.3 Å². The summed E-state index contributed by atoms with van der Waals surface area (Å²) < 4.78 is -2.57. The third-order valence-electron chi connectivity index (χ3n) is 5.41. The molecule has 0 saturated heterocycles. The standard InChI is InChI=1S/C26H24IP/c27-28(25-17-9-3-10-18-25,26-19-11-4-12-20-26,21-23-13-5-1-6-14-23)22-24-15-7-2-8-16-24/h1-20H,21-22H2. The Bertz CT molecular complexity index is 930. The summed E-state index contributed by atoms with van der Waals surface area (Å²) in [6.45, 7) is 0. The summed E-state index contributed by atoms with van der Waals surface area (Å²) in [5, 5.41) is 2.93. The van der Waals surface area contributed by atoms with Crippen molar-refractivity contribution in [1.29, 1.82) is 0 Å². The van der Waals surface area contributed by atoms with Crippen molar-refractivity contribution in [3.63, 3.8) is 0 Å². The third kappa shape index (κ3) is 3.79. The van der Waals surface area contributed by atoms with Crippen LogP contribution < -0.4 is 10.6 Å². The Morgan fingerprint density at radius 2 is 0.714 bits per heavy atom. The minimum atomic E-state index is -2.57. The maximum absolute atomic E-state index is 2.88. The van der Waals surface area contributed by atoms with Gasteiger partial charge in [0.25, 0.3) is 0 Å². The molecule has 2 heteroatoms. The van der Waals surface area contributed by atoms with Crippen molar-refractivity contribution in [1.82, 2.24) is 0 Å². The van der Waals surface area contributed by atoms with Crippen LogP contribution in [-0.4, -0.2) is 0 Å². The first-order valence-corrected chi connectivity index (χ1v) is 15.0. The fraction of sp³-hybridized carbons (Fsp3) is 0.0769. The van der Waals surface area contributed by atoms with E-state index in [0.29, 0.717) is 0 Å². The van der Waals surface area contributed by atoms with Gasteiger partial charge in [-0.2, -0.15) is 0 Å². The molecule has 0 nitrogen and oxygen atoms in total. The predicted molar refractivity (Wildman–Crippen MR) is 133 cm³/mol. The Morgan fingerprint density at radius 1 is 0.429 bits per heavy atom. The van der Waals surface area contributed by atoms with Gasteiger partial charge in [0.05, 0.1) is 0 Å². The van der Waals surface area contributed by atoms with E-state index < -0.39 is 4.25 Å². The van der Waals surface area contributed by atoms with E-state index in [1.54, 1.807) is 0 Å². The zero-order chi connectivity index (χ0) is 19.3. The van der Waals surface area contributed by atoms with E-state index in [0.717, 1.165) is 12.3 Å². The first-order chi connectivity index (χ1) is 13.7. The fourth-order valence-corrected chi connectivity index (χ4v) is 13.1. The second kappa shape index (κ2) is 8.19. The van der Waals surface area contributed by atoms with Gasteiger partial charge in [0.1, 0.15) is 0 Å². The van der Waals surface area contributed by atoms with Crippen molar-refractivity contribution in [2.45, 2.75) is 12.3 Å². The molecule has 0 aliphatic carbocycles. The van der Waals surface area contributed by atoms with E-state index in [4.69, 9.17) is 0 Å². The molecule has 0 atom stereocenters. The SMILES string of the molecule is IP(Cc1ccccc1)(Cc1ccccc1)(c1ccccc1)c1ccccc1. The Hall–Kier alpha value is -1.96. The van der Waals surface area contributed by atoms with Crippen molar-refractivity contribution >= 4 is 36.9 Å². The van der Waals surface area contributed by atoms with Gasteiger partial charge in [0, 0.05) is 0 Å². The molecule has 0 unspecified atom stereocenters. The fourth-order valence-electron chi connectivity index (χ4n) is 4.04. The normalized spacial score (nSPS) is 12.8. The second-order valence-electron chi connectivity index (χ2n) is 7.33. The van der Waals surface area contributed by atoms with Crippen LogP contribution in [0.4, 0.5) is 0 Å². The van der Waals surface area contributed by atoms with Crippen LogP contribution in [0.1, 0.15) is 11.1 Å². The van der Waals surface area contributed by atoms with Crippen molar-refractivity contribution in [3.8, 4) is 0 Å². The van der Waals surface area contributed by atoms with Crippen molar-refractivity contribution in [2.75, 3.05) is 0 Å². The van der Waals surface area contributed by atoms with E-state index in [1.165, 1.54) is 21.7 Å². The van der Waals surface area contributed by atoms with Crippen LogP contribution >= 0.6 is 26.3 Å². The minimum absolute atomic E-state index is 1.05.